The smallest absolute Gasteiger partial charge is 0.407 e. The average molecular weight is 251 g/mol. The van der Waals surface area contributed by atoms with Gasteiger partial charge in [-0.15, -0.1) is 0 Å². The molecule has 100 valence electrons. The van der Waals surface area contributed by atoms with Crippen LogP contribution >= 0.6 is 0 Å². The zero-order chi connectivity index (χ0) is 13.4. The monoisotopic (exact) mass is 251 g/mol. The molecule has 0 aliphatic rings. The Bertz CT molecular complexity index is 360. The van der Waals surface area contributed by atoms with Crippen molar-refractivity contribution >= 4 is 6.09 Å². The Labute approximate surface area is 108 Å². The van der Waals surface area contributed by atoms with E-state index in [-0.39, 0.29) is 12.2 Å². The standard InChI is InChI=1S/C14H21NO3/c1-4-17-14(16)15-10-9-12-5-7-13(8-6-12)18-11(2)3/h5-8,11H,4,9-10H2,1-3H3,(H,15,16). The summed E-state index contributed by atoms with van der Waals surface area (Å²) in [5.74, 6) is 0.868. The van der Waals surface area contributed by atoms with E-state index in [4.69, 9.17) is 9.47 Å². The number of ether oxygens (including phenoxy) is 2. The number of hydrogen-bond donors (Lipinski definition) is 1. The molecule has 0 saturated carbocycles. The first-order chi connectivity index (χ1) is 8.61. The lowest BCUT2D eigenvalue weighted by atomic mass is 10.1. The molecule has 0 aromatic heterocycles. The zero-order valence-electron chi connectivity index (χ0n) is 11.2. The van der Waals surface area contributed by atoms with Gasteiger partial charge in [0.2, 0.25) is 0 Å². The number of alkyl carbamates (subject to hydrolysis) is 1. The molecule has 0 aliphatic carbocycles. The Kier molecular flexibility index (Phi) is 6.05. The molecule has 0 saturated heterocycles. The Balaban J connectivity index is 2.33. The number of hydrogen-bond acceptors (Lipinski definition) is 3. The van der Waals surface area contributed by atoms with Crippen molar-refractivity contribution in [3.05, 3.63) is 29.8 Å². The molecule has 0 radical (unpaired) electrons. The quantitative estimate of drug-likeness (QED) is 0.845. The number of nitrogens with one attached hydrogen (secondary N) is 1. The van der Waals surface area contributed by atoms with E-state index in [0.717, 1.165) is 17.7 Å². The third-order valence-electron chi connectivity index (χ3n) is 2.25. The maximum absolute atomic E-state index is 11.1. The van der Waals surface area contributed by atoms with Crippen LogP contribution in [-0.2, 0) is 11.2 Å². The minimum atomic E-state index is -0.364. The van der Waals surface area contributed by atoms with Crippen molar-refractivity contribution in [2.75, 3.05) is 13.2 Å². The number of rotatable bonds is 6. The summed E-state index contributed by atoms with van der Waals surface area (Å²) in [5.41, 5.74) is 1.16. The summed E-state index contributed by atoms with van der Waals surface area (Å²) in [6.07, 6.45) is 0.597. The van der Waals surface area contributed by atoms with Gasteiger partial charge in [-0.25, -0.2) is 4.79 Å². The van der Waals surface area contributed by atoms with Crippen molar-refractivity contribution in [1.82, 2.24) is 5.32 Å². The van der Waals surface area contributed by atoms with Crippen LogP contribution in [0.3, 0.4) is 0 Å². The van der Waals surface area contributed by atoms with E-state index >= 15 is 0 Å². The predicted molar refractivity (Wildman–Crippen MR) is 70.9 cm³/mol. The second kappa shape index (κ2) is 7.58. The first-order valence-corrected chi connectivity index (χ1v) is 6.28. The van der Waals surface area contributed by atoms with Gasteiger partial charge in [0.1, 0.15) is 5.75 Å². The first-order valence-electron chi connectivity index (χ1n) is 6.28. The van der Waals surface area contributed by atoms with Crippen molar-refractivity contribution in [3.8, 4) is 5.75 Å². The summed E-state index contributed by atoms with van der Waals surface area (Å²) in [6, 6.07) is 7.90. The SMILES string of the molecule is CCOC(=O)NCCc1ccc(OC(C)C)cc1. The number of carbonyl (C=O) groups excluding carboxylic acids is 1. The molecule has 0 fully saturated rings. The van der Waals surface area contributed by atoms with Crippen LogP contribution in [0.15, 0.2) is 24.3 Å². The highest BCUT2D eigenvalue weighted by Crippen LogP contribution is 2.13. The van der Waals surface area contributed by atoms with E-state index in [2.05, 4.69) is 5.32 Å². The second-order valence-electron chi connectivity index (χ2n) is 4.21. The Morgan fingerprint density at radius 3 is 2.50 bits per heavy atom. The van der Waals surface area contributed by atoms with Crippen LogP contribution in [0.4, 0.5) is 4.79 Å². The topological polar surface area (TPSA) is 47.6 Å². The van der Waals surface area contributed by atoms with Gasteiger partial charge in [0.15, 0.2) is 0 Å². The van der Waals surface area contributed by atoms with Gasteiger partial charge in [-0.2, -0.15) is 0 Å². The zero-order valence-corrected chi connectivity index (χ0v) is 11.2. The van der Waals surface area contributed by atoms with Crippen LogP contribution in [0, 0.1) is 0 Å². The summed E-state index contributed by atoms with van der Waals surface area (Å²) in [6.45, 7) is 6.75. The molecule has 0 heterocycles. The third kappa shape index (κ3) is 5.57. The molecular weight excluding hydrogens is 230 g/mol. The molecule has 0 aliphatic heterocycles. The van der Waals surface area contributed by atoms with Crippen molar-refractivity contribution in [1.29, 1.82) is 0 Å². The van der Waals surface area contributed by atoms with Crippen molar-refractivity contribution < 1.29 is 14.3 Å². The van der Waals surface area contributed by atoms with Crippen molar-refractivity contribution in [3.63, 3.8) is 0 Å². The second-order valence-corrected chi connectivity index (χ2v) is 4.21. The van der Waals surface area contributed by atoms with Crippen LogP contribution in [-0.4, -0.2) is 25.3 Å². The van der Waals surface area contributed by atoms with Crippen LogP contribution in [0.25, 0.3) is 0 Å². The fraction of sp³-hybridized carbons (Fsp3) is 0.500. The first kappa shape index (κ1) is 14.4. The van der Waals surface area contributed by atoms with E-state index < -0.39 is 0 Å². The van der Waals surface area contributed by atoms with Gasteiger partial charge in [-0.05, 0) is 44.9 Å². The highest BCUT2D eigenvalue weighted by atomic mass is 16.5. The summed E-state index contributed by atoms with van der Waals surface area (Å²) in [5, 5.41) is 2.69. The largest absolute Gasteiger partial charge is 0.491 e. The molecule has 4 nitrogen and oxygen atoms in total. The summed E-state index contributed by atoms with van der Waals surface area (Å²) in [7, 11) is 0. The average Bonchev–Trinajstić information content (AvgIpc) is 2.31. The van der Waals surface area contributed by atoms with Crippen LogP contribution in [0.5, 0.6) is 5.75 Å². The summed E-state index contributed by atoms with van der Waals surface area (Å²) < 4.78 is 10.3. The highest BCUT2D eigenvalue weighted by Gasteiger charge is 2.01. The fourth-order valence-corrected chi connectivity index (χ4v) is 1.50. The molecule has 0 atom stereocenters. The maximum atomic E-state index is 11.1. The highest BCUT2D eigenvalue weighted by molar-refractivity contribution is 5.67. The molecule has 0 bridgehead atoms. The molecule has 1 aromatic rings. The minimum absolute atomic E-state index is 0.182. The van der Waals surface area contributed by atoms with E-state index in [1.807, 2.05) is 38.1 Å². The van der Waals surface area contributed by atoms with E-state index in [1.165, 1.54) is 0 Å². The summed E-state index contributed by atoms with van der Waals surface area (Å²) in [4.78, 5) is 11.1. The lowest BCUT2D eigenvalue weighted by Gasteiger charge is -2.10. The molecule has 0 unspecified atom stereocenters. The lowest BCUT2D eigenvalue weighted by molar-refractivity contribution is 0.152. The van der Waals surface area contributed by atoms with E-state index in [0.29, 0.717) is 13.2 Å². The molecule has 18 heavy (non-hydrogen) atoms. The minimum Gasteiger partial charge on any atom is -0.491 e. The normalized spacial score (nSPS) is 10.2. The van der Waals surface area contributed by atoms with Gasteiger partial charge < -0.3 is 14.8 Å². The van der Waals surface area contributed by atoms with Gasteiger partial charge in [0.25, 0.3) is 0 Å². The Morgan fingerprint density at radius 2 is 1.94 bits per heavy atom. The number of benzene rings is 1. The van der Waals surface area contributed by atoms with Crippen molar-refractivity contribution in [2.45, 2.75) is 33.3 Å². The summed E-state index contributed by atoms with van der Waals surface area (Å²) >= 11 is 0. The van der Waals surface area contributed by atoms with Crippen LogP contribution in [0.2, 0.25) is 0 Å². The van der Waals surface area contributed by atoms with E-state index in [1.54, 1.807) is 6.92 Å². The number of carbonyl (C=O) groups is 1. The Hall–Kier alpha value is -1.71. The van der Waals surface area contributed by atoms with Gasteiger partial charge >= 0.3 is 6.09 Å². The molecule has 1 amide bonds. The van der Waals surface area contributed by atoms with Gasteiger partial charge in [0.05, 0.1) is 12.7 Å². The third-order valence-corrected chi connectivity index (χ3v) is 2.25. The lowest BCUT2D eigenvalue weighted by Crippen LogP contribution is -2.26. The van der Waals surface area contributed by atoms with Gasteiger partial charge in [-0.1, -0.05) is 12.1 Å². The van der Waals surface area contributed by atoms with E-state index in [9.17, 15) is 4.79 Å². The number of amides is 1. The van der Waals surface area contributed by atoms with Gasteiger partial charge in [-0.3, -0.25) is 0 Å². The maximum Gasteiger partial charge on any atom is 0.407 e. The molecule has 1 aromatic carbocycles. The van der Waals surface area contributed by atoms with Crippen LogP contribution in [0.1, 0.15) is 26.3 Å². The molecule has 1 rings (SSSR count). The Morgan fingerprint density at radius 1 is 1.28 bits per heavy atom. The molecule has 0 spiro atoms. The fourth-order valence-electron chi connectivity index (χ4n) is 1.50. The predicted octanol–water partition coefficient (Wildman–Crippen LogP) is 2.76. The van der Waals surface area contributed by atoms with Gasteiger partial charge in [0, 0.05) is 6.54 Å². The molecular formula is C14H21NO3. The van der Waals surface area contributed by atoms with Crippen LogP contribution < -0.4 is 10.1 Å². The van der Waals surface area contributed by atoms with Crippen molar-refractivity contribution in [2.24, 2.45) is 0 Å². The molecule has 1 N–H and O–H groups in total. The molecule has 4 heteroatoms.